The van der Waals surface area contributed by atoms with Gasteiger partial charge in [0, 0.05) is 24.7 Å². The summed E-state index contributed by atoms with van der Waals surface area (Å²) in [6, 6.07) is 7.69. The SMILES string of the molecule is C[C@@H]1CN(C(=O)C(=O)NC[C@H](O)C2CCCC2)c2ccccc21. The zero-order valence-corrected chi connectivity index (χ0v) is 13.5. The van der Waals surface area contributed by atoms with Crippen molar-refractivity contribution < 1.29 is 14.7 Å². The first kappa shape index (κ1) is 16.0. The average molecular weight is 316 g/mol. The van der Waals surface area contributed by atoms with Crippen molar-refractivity contribution in [2.45, 2.75) is 44.6 Å². The van der Waals surface area contributed by atoms with Crippen LogP contribution in [0.3, 0.4) is 0 Å². The van der Waals surface area contributed by atoms with E-state index in [4.69, 9.17) is 0 Å². The van der Waals surface area contributed by atoms with Gasteiger partial charge in [0.25, 0.3) is 0 Å². The van der Waals surface area contributed by atoms with E-state index in [2.05, 4.69) is 5.32 Å². The Morgan fingerprint density at radius 1 is 1.30 bits per heavy atom. The van der Waals surface area contributed by atoms with Gasteiger partial charge in [-0.25, -0.2) is 0 Å². The van der Waals surface area contributed by atoms with E-state index in [-0.39, 0.29) is 18.4 Å². The fourth-order valence-corrected chi connectivity index (χ4v) is 3.72. The molecule has 0 radical (unpaired) electrons. The molecule has 1 fully saturated rings. The summed E-state index contributed by atoms with van der Waals surface area (Å²) in [6.07, 6.45) is 3.72. The van der Waals surface area contributed by atoms with Gasteiger partial charge in [-0.3, -0.25) is 9.59 Å². The van der Waals surface area contributed by atoms with Crippen LogP contribution in [0.25, 0.3) is 0 Å². The molecule has 5 heteroatoms. The number of carbonyl (C=O) groups excluding carboxylic acids is 2. The fourth-order valence-electron chi connectivity index (χ4n) is 3.72. The Kier molecular flexibility index (Phi) is 4.66. The second-order valence-electron chi connectivity index (χ2n) is 6.70. The first-order valence-corrected chi connectivity index (χ1v) is 8.44. The van der Waals surface area contributed by atoms with Gasteiger partial charge in [-0.1, -0.05) is 38.0 Å². The molecule has 1 heterocycles. The van der Waals surface area contributed by atoms with Gasteiger partial charge in [-0.2, -0.15) is 0 Å². The standard InChI is InChI=1S/C18H24N2O3/c1-12-11-20(15-9-5-4-8-14(12)15)18(23)17(22)19-10-16(21)13-6-2-3-7-13/h4-5,8-9,12-13,16,21H,2-3,6-7,10-11H2,1H3,(H,19,22)/t12-,16+/m1/s1. The largest absolute Gasteiger partial charge is 0.391 e. The van der Waals surface area contributed by atoms with Crippen LogP contribution >= 0.6 is 0 Å². The highest BCUT2D eigenvalue weighted by Gasteiger charge is 2.33. The molecule has 0 saturated heterocycles. The minimum absolute atomic E-state index is 0.153. The van der Waals surface area contributed by atoms with Crippen LogP contribution < -0.4 is 10.2 Å². The third kappa shape index (κ3) is 3.24. The van der Waals surface area contributed by atoms with Crippen molar-refractivity contribution in [3.05, 3.63) is 29.8 Å². The molecular weight excluding hydrogens is 292 g/mol. The number of hydrogen-bond donors (Lipinski definition) is 2. The minimum Gasteiger partial charge on any atom is -0.391 e. The summed E-state index contributed by atoms with van der Waals surface area (Å²) in [4.78, 5) is 26.1. The summed E-state index contributed by atoms with van der Waals surface area (Å²) in [5, 5.41) is 12.7. The van der Waals surface area contributed by atoms with Crippen LogP contribution in [-0.2, 0) is 9.59 Å². The number of carbonyl (C=O) groups is 2. The molecule has 0 aromatic heterocycles. The van der Waals surface area contributed by atoms with Gasteiger partial charge in [-0.05, 0) is 30.4 Å². The molecule has 1 saturated carbocycles. The monoisotopic (exact) mass is 316 g/mol. The first-order chi connectivity index (χ1) is 11.1. The zero-order chi connectivity index (χ0) is 16.4. The number of rotatable bonds is 3. The van der Waals surface area contributed by atoms with Gasteiger partial charge in [0.15, 0.2) is 0 Å². The Bertz CT molecular complexity index is 596. The van der Waals surface area contributed by atoms with Crippen molar-refractivity contribution in [2.75, 3.05) is 18.0 Å². The Balaban J connectivity index is 1.59. The van der Waals surface area contributed by atoms with Gasteiger partial charge in [0.1, 0.15) is 0 Å². The van der Waals surface area contributed by atoms with Crippen molar-refractivity contribution in [1.82, 2.24) is 5.32 Å². The van der Waals surface area contributed by atoms with E-state index in [0.29, 0.717) is 6.54 Å². The molecule has 2 aliphatic rings. The summed E-state index contributed by atoms with van der Waals surface area (Å²) >= 11 is 0. The van der Waals surface area contributed by atoms with E-state index in [1.165, 1.54) is 4.90 Å². The van der Waals surface area contributed by atoms with Crippen LogP contribution in [0.2, 0.25) is 0 Å². The fraction of sp³-hybridized carbons (Fsp3) is 0.556. The molecule has 2 amide bonds. The number of anilines is 1. The number of hydrogen-bond acceptors (Lipinski definition) is 3. The number of nitrogens with one attached hydrogen (secondary N) is 1. The van der Waals surface area contributed by atoms with Crippen molar-refractivity contribution in [2.24, 2.45) is 5.92 Å². The molecule has 1 aliphatic heterocycles. The highest BCUT2D eigenvalue weighted by atomic mass is 16.3. The molecule has 1 aromatic carbocycles. The smallest absolute Gasteiger partial charge is 0.316 e. The Morgan fingerprint density at radius 2 is 2.00 bits per heavy atom. The third-order valence-corrected chi connectivity index (χ3v) is 5.07. The van der Waals surface area contributed by atoms with Crippen LogP contribution in [0.5, 0.6) is 0 Å². The van der Waals surface area contributed by atoms with Crippen molar-refractivity contribution in [3.8, 4) is 0 Å². The lowest BCUT2D eigenvalue weighted by molar-refractivity contribution is -0.137. The summed E-state index contributed by atoms with van der Waals surface area (Å²) < 4.78 is 0. The lowest BCUT2D eigenvalue weighted by Gasteiger charge is -2.20. The molecule has 0 unspecified atom stereocenters. The van der Waals surface area contributed by atoms with E-state index in [1.807, 2.05) is 31.2 Å². The second-order valence-corrected chi connectivity index (χ2v) is 6.70. The molecule has 1 aliphatic carbocycles. The van der Waals surface area contributed by atoms with Crippen molar-refractivity contribution in [3.63, 3.8) is 0 Å². The lowest BCUT2D eigenvalue weighted by atomic mass is 10.0. The molecule has 5 nitrogen and oxygen atoms in total. The topological polar surface area (TPSA) is 69.6 Å². The number of para-hydroxylation sites is 1. The van der Waals surface area contributed by atoms with E-state index in [0.717, 1.165) is 36.9 Å². The molecule has 3 rings (SSSR count). The maximum absolute atomic E-state index is 12.4. The molecule has 23 heavy (non-hydrogen) atoms. The molecular formula is C18H24N2O3. The second kappa shape index (κ2) is 6.71. The van der Waals surface area contributed by atoms with Crippen LogP contribution in [0, 0.1) is 5.92 Å². The van der Waals surface area contributed by atoms with E-state index >= 15 is 0 Å². The van der Waals surface area contributed by atoms with Gasteiger partial charge in [0.05, 0.1) is 6.10 Å². The molecule has 124 valence electrons. The van der Waals surface area contributed by atoms with Gasteiger partial charge in [0.2, 0.25) is 0 Å². The maximum atomic E-state index is 12.4. The zero-order valence-electron chi connectivity index (χ0n) is 13.5. The summed E-state index contributed by atoms with van der Waals surface area (Å²) in [5.41, 5.74) is 1.91. The third-order valence-electron chi connectivity index (χ3n) is 5.07. The van der Waals surface area contributed by atoms with E-state index in [9.17, 15) is 14.7 Å². The number of fused-ring (bicyclic) bond motifs is 1. The summed E-state index contributed by atoms with van der Waals surface area (Å²) in [7, 11) is 0. The summed E-state index contributed by atoms with van der Waals surface area (Å²) in [5.74, 6) is -0.698. The van der Waals surface area contributed by atoms with Crippen LogP contribution in [0.1, 0.15) is 44.1 Å². The van der Waals surface area contributed by atoms with Crippen LogP contribution in [0.4, 0.5) is 5.69 Å². The molecule has 1 aromatic rings. The van der Waals surface area contributed by atoms with Gasteiger partial charge in [-0.15, -0.1) is 0 Å². The van der Waals surface area contributed by atoms with Crippen LogP contribution in [-0.4, -0.2) is 36.1 Å². The summed E-state index contributed by atoms with van der Waals surface area (Å²) in [6.45, 7) is 2.73. The molecule has 0 spiro atoms. The number of amides is 2. The first-order valence-electron chi connectivity index (χ1n) is 8.44. The predicted octanol–water partition coefficient (Wildman–Crippen LogP) is 1.80. The number of benzene rings is 1. The normalized spacial score (nSPS) is 22.0. The number of aliphatic hydroxyl groups excluding tert-OH is 1. The molecule has 2 N–H and O–H groups in total. The Hall–Kier alpha value is -1.88. The lowest BCUT2D eigenvalue weighted by Crippen LogP contribution is -2.45. The van der Waals surface area contributed by atoms with Crippen molar-refractivity contribution >= 4 is 17.5 Å². The predicted molar refractivity (Wildman–Crippen MR) is 88.2 cm³/mol. The Morgan fingerprint density at radius 3 is 2.74 bits per heavy atom. The average Bonchev–Trinajstić information content (AvgIpc) is 3.20. The Labute approximate surface area is 136 Å². The molecule has 2 atom stereocenters. The number of nitrogens with zero attached hydrogens (tertiary/aromatic N) is 1. The minimum atomic E-state index is -0.633. The van der Waals surface area contributed by atoms with Crippen LogP contribution in [0.15, 0.2) is 24.3 Å². The van der Waals surface area contributed by atoms with Crippen molar-refractivity contribution in [1.29, 1.82) is 0 Å². The maximum Gasteiger partial charge on any atom is 0.316 e. The molecule has 0 bridgehead atoms. The van der Waals surface area contributed by atoms with Gasteiger partial charge < -0.3 is 15.3 Å². The van der Waals surface area contributed by atoms with Gasteiger partial charge >= 0.3 is 11.8 Å². The highest BCUT2D eigenvalue weighted by molar-refractivity contribution is 6.40. The number of aliphatic hydroxyl groups is 1. The van der Waals surface area contributed by atoms with E-state index < -0.39 is 17.9 Å². The van der Waals surface area contributed by atoms with E-state index in [1.54, 1.807) is 0 Å². The highest BCUT2D eigenvalue weighted by Crippen LogP contribution is 2.35. The quantitative estimate of drug-likeness (QED) is 0.836.